The van der Waals surface area contributed by atoms with Gasteiger partial charge in [0.05, 0.1) is 28.6 Å². The SMILES string of the molecule is CCc1cccnc1CNc1ncc(N)cc1Br. The quantitative estimate of drug-likeness (QED) is 0.911. The van der Waals surface area contributed by atoms with Crippen LogP contribution in [0.2, 0.25) is 0 Å². The average Bonchev–Trinajstić information content (AvgIpc) is 2.38. The van der Waals surface area contributed by atoms with Gasteiger partial charge in [-0.1, -0.05) is 13.0 Å². The summed E-state index contributed by atoms with van der Waals surface area (Å²) in [4.78, 5) is 8.62. The standard InChI is InChI=1S/C13H15BrN4/c1-2-9-4-3-5-16-12(9)8-18-13-11(14)6-10(15)7-17-13/h3-7H,2,8,15H2,1H3,(H,17,18). The predicted octanol–water partition coefficient (Wildman–Crippen LogP) is 3.00. The van der Waals surface area contributed by atoms with Gasteiger partial charge in [0.2, 0.25) is 0 Å². The van der Waals surface area contributed by atoms with Crippen LogP contribution in [0.25, 0.3) is 0 Å². The fourth-order valence-corrected chi connectivity index (χ4v) is 2.21. The maximum Gasteiger partial charge on any atom is 0.140 e. The fraction of sp³-hybridized carbons (Fsp3) is 0.231. The smallest absolute Gasteiger partial charge is 0.140 e. The van der Waals surface area contributed by atoms with Gasteiger partial charge in [0.15, 0.2) is 0 Å². The van der Waals surface area contributed by atoms with E-state index in [1.165, 1.54) is 5.56 Å². The number of nitrogens with one attached hydrogen (secondary N) is 1. The van der Waals surface area contributed by atoms with Crippen molar-refractivity contribution in [1.82, 2.24) is 9.97 Å². The van der Waals surface area contributed by atoms with E-state index in [0.29, 0.717) is 12.2 Å². The van der Waals surface area contributed by atoms with Crippen LogP contribution in [0.3, 0.4) is 0 Å². The first-order chi connectivity index (χ1) is 8.70. The Morgan fingerprint density at radius 3 is 2.94 bits per heavy atom. The van der Waals surface area contributed by atoms with Gasteiger partial charge in [0.1, 0.15) is 5.82 Å². The number of nitrogens with two attached hydrogens (primary N) is 1. The molecule has 2 rings (SSSR count). The molecule has 18 heavy (non-hydrogen) atoms. The summed E-state index contributed by atoms with van der Waals surface area (Å²) in [5.74, 6) is 0.775. The zero-order valence-corrected chi connectivity index (χ0v) is 11.7. The highest BCUT2D eigenvalue weighted by Crippen LogP contribution is 2.22. The molecule has 0 saturated heterocycles. The van der Waals surface area contributed by atoms with Gasteiger partial charge in [-0.25, -0.2) is 4.98 Å². The third-order valence-corrected chi connectivity index (χ3v) is 3.26. The number of hydrogen-bond donors (Lipinski definition) is 2. The topological polar surface area (TPSA) is 63.8 Å². The van der Waals surface area contributed by atoms with E-state index in [1.807, 2.05) is 18.3 Å². The Bertz CT molecular complexity index is 542. The Balaban J connectivity index is 2.11. The third-order valence-electron chi connectivity index (χ3n) is 2.65. The zero-order valence-electron chi connectivity index (χ0n) is 10.2. The van der Waals surface area contributed by atoms with Crippen molar-refractivity contribution in [1.29, 1.82) is 0 Å². The van der Waals surface area contributed by atoms with Gasteiger partial charge in [0.25, 0.3) is 0 Å². The van der Waals surface area contributed by atoms with Gasteiger partial charge in [-0.3, -0.25) is 4.98 Å². The highest BCUT2D eigenvalue weighted by molar-refractivity contribution is 9.10. The van der Waals surface area contributed by atoms with E-state index in [9.17, 15) is 0 Å². The summed E-state index contributed by atoms with van der Waals surface area (Å²) in [6.45, 7) is 2.78. The summed E-state index contributed by atoms with van der Waals surface area (Å²) >= 11 is 3.43. The second-order valence-electron chi connectivity index (χ2n) is 3.92. The lowest BCUT2D eigenvalue weighted by molar-refractivity contribution is 0.963. The van der Waals surface area contributed by atoms with E-state index < -0.39 is 0 Å². The Morgan fingerprint density at radius 1 is 1.39 bits per heavy atom. The van der Waals surface area contributed by atoms with Gasteiger partial charge in [-0.2, -0.15) is 0 Å². The fourth-order valence-electron chi connectivity index (χ4n) is 1.70. The molecule has 0 aliphatic carbocycles. The highest BCUT2D eigenvalue weighted by Gasteiger charge is 2.04. The number of nitrogens with zero attached hydrogens (tertiary/aromatic N) is 2. The number of nitrogen functional groups attached to an aromatic ring is 1. The van der Waals surface area contributed by atoms with Crippen LogP contribution in [0, 0.1) is 0 Å². The molecule has 5 heteroatoms. The lowest BCUT2D eigenvalue weighted by Crippen LogP contribution is -2.06. The van der Waals surface area contributed by atoms with Crippen LogP contribution in [0.1, 0.15) is 18.2 Å². The maximum absolute atomic E-state index is 5.65. The first-order valence-electron chi connectivity index (χ1n) is 5.78. The van der Waals surface area contributed by atoms with Crippen molar-refractivity contribution < 1.29 is 0 Å². The molecule has 0 bridgehead atoms. The van der Waals surface area contributed by atoms with E-state index in [1.54, 1.807) is 6.20 Å². The van der Waals surface area contributed by atoms with Crippen molar-refractivity contribution in [2.24, 2.45) is 0 Å². The number of aryl methyl sites for hydroxylation is 1. The second kappa shape index (κ2) is 5.82. The molecular weight excluding hydrogens is 292 g/mol. The van der Waals surface area contributed by atoms with Crippen molar-refractivity contribution in [3.8, 4) is 0 Å². The van der Waals surface area contributed by atoms with E-state index in [4.69, 9.17) is 5.73 Å². The number of aromatic nitrogens is 2. The van der Waals surface area contributed by atoms with E-state index in [0.717, 1.165) is 22.4 Å². The first kappa shape index (κ1) is 12.8. The molecule has 0 aliphatic heterocycles. The van der Waals surface area contributed by atoms with Crippen molar-refractivity contribution in [3.05, 3.63) is 46.3 Å². The van der Waals surface area contributed by atoms with Crippen LogP contribution >= 0.6 is 15.9 Å². The lowest BCUT2D eigenvalue weighted by Gasteiger charge is -2.10. The molecule has 0 aliphatic rings. The van der Waals surface area contributed by atoms with E-state index in [-0.39, 0.29) is 0 Å². The Labute approximate surface area is 115 Å². The molecule has 0 fully saturated rings. The Morgan fingerprint density at radius 2 is 2.22 bits per heavy atom. The molecule has 2 aromatic heterocycles. The minimum atomic E-state index is 0.638. The number of pyridine rings is 2. The summed E-state index contributed by atoms with van der Waals surface area (Å²) in [6.07, 6.45) is 4.41. The van der Waals surface area contributed by atoms with Crippen molar-refractivity contribution in [2.75, 3.05) is 11.1 Å². The molecule has 4 nitrogen and oxygen atoms in total. The molecule has 0 saturated carbocycles. The molecule has 0 unspecified atom stereocenters. The number of hydrogen-bond acceptors (Lipinski definition) is 4. The number of anilines is 2. The van der Waals surface area contributed by atoms with Crippen LogP contribution in [0.15, 0.2) is 35.1 Å². The summed E-state index contributed by atoms with van der Waals surface area (Å²) in [5.41, 5.74) is 8.58. The van der Waals surface area contributed by atoms with Gasteiger partial charge in [-0.15, -0.1) is 0 Å². The zero-order chi connectivity index (χ0) is 13.0. The van der Waals surface area contributed by atoms with E-state index in [2.05, 4.69) is 44.2 Å². The molecule has 0 radical (unpaired) electrons. The molecule has 0 amide bonds. The summed E-state index contributed by atoms with van der Waals surface area (Å²) in [7, 11) is 0. The Hall–Kier alpha value is -1.62. The molecular formula is C13H15BrN4. The summed E-state index contributed by atoms with van der Waals surface area (Å²) < 4.78 is 0.858. The van der Waals surface area contributed by atoms with Crippen LogP contribution in [-0.2, 0) is 13.0 Å². The number of halogens is 1. The third kappa shape index (κ3) is 2.98. The number of rotatable bonds is 4. The largest absolute Gasteiger partial charge is 0.397 e. The van der Waals surface area contributed by atoms with E-state index >= 15 is 0 Å². The average molecular weight is 307 g/mol. The molecule has 2 aromatic rings. The van der Waals surface area contributed by atoms with Gasteiger partial charge >= 0.3 is 0 Å². The second-order valence-corrected chi connectivity index (χ2v) is 4.77. The summed E-state index contributed by atoms with van der Waals surface area (Å²) in [6, 6.07) is 5.88. The molecule has 0 aromatic carbocycles. The van der Waals surface area contributed by atoms with Gasteiger partial charge < -0.3 is 11.1 Å². The van der Waals surface area contributed by atoms with Crippen LogP contribution in [-0.4, -0.2) is 9.97 Å². The first-order valence-corrected chi connectivity index (χ1v) is 6.57. The molecule has 3 N–H and O–H groups in total. The maximum atomic E-state index is 5.65. The minimum absolute atomic E-state index is 0.638. The van der Waals surface area contributed by atoms with Crippen LogP contribution < -0.4 is 11.1 Å². The van der Waals surface area contributed by atoms with Crippen molar-refractivity contribution >= 4 is 27.4 Å². The van der Waals surface area contributed by atoms with Crippen LogP contribution in [0.5, 0.6) is 0 Å². The van der Waals surface area contributed by atoms with Crippen molar-refractivity contribution in [3.63, 3.8) is 0 Å². The lowest BCUT2D eigenvalue weighted by atomic mass is 10.1. The van der Waals surface area contributed by atoms with Gasteiger partial charge in [0, 0.05) is 6.20 Å². The molecule has 94 valence electrons. The van der Waals surface area contributed by atoms with Crippen molar-refractivity contribution in [2.45, 2.75) is 19.9 Å². The predicted molar refractivity (Wildman–Crippen MR) is 77.3 cm³/mol. The summed E-state index contributed by atoms with van der Waals surface area (Å²) in [5, 5.41) is 3.26. The molecule has 2 heterocycles. The normalized spacial score (nSPS) is 10.3. The van der Waals surface area contributed by atoms with Gasteiger partial charge in [-0.05, 0) is 40.0 Å². The molecule has 0 spiro atoms. The minimum Gasteiger partial charge on any atom is -0.397 e. The Kier molecular flexibility index (Phi) is 4.15. The monoisotopic (exact) mass is 306 g/mol. The van der Waals surface area contributed by atoms with Crippen LogP contribution in [0.4, 0.5) is 11.5 Å². The molecule has 0 atom stereocenters. The highest BCUT2D eigenvalue weighted by atomic mass is 79.9.